The third-order valence-electron chi connectivity index (χ3n) is 3.13. The lowest BCUT2D eigenvalue weighted by Crippen LogP contribution is -2.17. The predicted octanol–water partition coefficient (Wildman–Crippen LogP) is 3.54. The van der Waals surface area contributed by atoms with Gasteiger partial charge >= 0.3 is 0 Å². The highest BCUT2D eigenvalue weighted by Gasteiger charge is 2.02. The van der Waals surface area contributed by atoms with Crippen molar-refractivity contribution in [3.8, 4) is 0 Å². The third-order valence-corrected chi connectivity index (χ3v) is 3.13. The first-order chi connectivity index (χ1) is 9.78. The molecule has 20 heavy (non-hydrogen) atoms. The molecule has 0 amide bonds. The van der Waals surface area contributed by atoms with Crippen LogP contribution in [-0.2, 0) is 13.1 Å². The van der Waals surface area contributed by atoms with Crippen molar-refractivity contribution in [1.82, 2.24) is 9.88 Å². The number of anilines is 1. The maximum atomic E-state index is 4.44. The van der Waals surface area contributed by atoms with Gasteiger partial charge < -0.3 is 5.32 Å². The van der Waals surface area contributed by atoms with Gasteiger partial charge in [-0.1, -0.05) is 43.3 Å². The van der Waals surface area contributed by atoms with Crippen LogP contribution >= 0.6 is 0 Å². The molecule has 0 radical (unpaired) electrons. The first-order valence-electron chi connectivity index (χ1n) is 7.19. The molecular weight excluding hydrogens is 246 g/mol. The monoisotopic (exact) mass is 269 g/mol. The maximum Gasteiger partial charge on any atom is 0.125 e. The van der Waals surface area contributed by atoms with E-state index in [0.29, 0.717) is 0 Å². The van der Waals surface area contributed by atoms with Crippen LogP contribution in [0.5, 0.6) is 0 Å². The number of nitrogens with zero attached hydrogens (tertiary/aromatic N) is 2. The summed E-state index contributed by atoms with van der Waals surface area (Å²) in [5.41, 5.74) is 2.58. The van der Waals surface area contributed by atoms with E-state index in [9.17, 15) is 0 Å². The Morgan fingerprint density at radius 1 is 1.00 bits per heavy atom. The van der Waals surface area contributed by atoms with Gasteiger partial charge in [0.15, 0.2) is 0 Å². The summed E-state index contributed by atoms with van der Waals surface area (Å²) in [7, 11) is 2.14. The van der Waals surface area contributed by atoms with Crippen LogP contribution in [0.4, 0.5) is 5.82 Å². The zero-order valence-corrected chi connectivity index (χ0v) is 12.3. The third kappa shape index (κ3) is 4.67. The summed E-state index contributed by atoms with van der Waals surface area (Å²) in [5.74, 6) is 0.960. The van der Waals surface area contributed by atoms with Gasteiger partial charge in [-0.05, 0) is 30.7 Å². The molecule has 1 aromatic carbocycles. The van der Waals surface area contributed by atoms with Gasteiger partial charge in [-0.25, -0.2) is 4.98 Å². The summed E-state index contributed by atoms with van der Waals surface area (Å²) >= 11 is 0. The largest absolute Gasteiger partial charge is 0.370 e. The summed E-state index contributed by atoms with van der Waals surface area (Å²) in [6.45, 7) is 4.99. The predicted molar refractivity (Wildman–Crippen MR) is 84.6 cm³/mol. The number of rotatable bonds is 7. The summed E-state index contributed by atoms with van der Waals surface area (Å²) in [4.78, 5) is 6.74. The second-order valence-corrected chi connectivity index (χ2v) is 5.14. The molecule has 0 saturated carbocycles. The van der Waals surface area contributed by atoms with Crippen LogP contribution in [0.25, 0.3) is 0 Å². The first-order valence-corrected chi connectivity index (χ1v) is 7.19. The number of pyridine rings is 1. The number of benzene rings is 1. The molecule has 2 rings (SSSR count). The van der Waals surface area contributed by atoms with Crippen molar-refractivity contribution in [2.45, 2.75) is 26.4 Å². The summed E-state index contributed by atoms with van der Waals surface area (Å²) in [6, 6.07) is 14.7. The fourth-order valence-electron chi connectivity index (χ4n) is 2.14. The maximum absolute atomic E-state index is 4.44. The molecule has 0 aliphatic heterocycles. The summed E-state index contributed by atoms with van der Waals surface area (Å²) < 4.78 is 0. The number of aromatic nitrogens is 1. The van der Waals surface area contributed by atoms with Crippen molar-refractivity contribution in [2.75, 3.05) is 18.9 Å². The van der Waals surface area contributed by atoms with Crippen molar-refractivity contribution < 1.29 is 0 Å². The highest BCUT2D eigenvalue weighted by atomic mass is 15.1. The van der Waals surface area contributed by atoms with Crippen LogP contribution in [0.15, 0.2) is 48.7 Å². The van der Waals surface area contributed by atoms with Crippen LogP contribution in [-0.4, -0.2) is 23.5 Å². The van der Waals surface area contributed by atoms with E-state index in [1.54, 1.807) is 0 Å². The Morgan fingerprint density at radius 3 is 2.40 bits per heavy atom. The van der Waals surface area contributed by atoms with Crippen molar-refractivity contribution in [1.29, 1.82) is 0 Å². The van der Waals surface area contributed by atoms with E-state index in [1.807, 2.05) is 6.20 Å². The van der Waals surface area contributed by atoms with Gasteiger partial charge in [-0.15, -0.1) is 0 Å². The molecule has 1 N–H and O–H groups in total. The minimum Gasteiger partial charge on any atom is -0.370 e. The average Bonchev–Trinajstić information content (AvgIpc) is 2.47. The molecule has 1 aromatic heterocycles. The smallest absolute Gasteiger partial charge is 0.125 e. The zero-order valence-electron chi connectivity index (χ0n) is 12.3. The molecule has 2 aromatic rings. The van der Waals surface area contributed by atoms with Crippen LogP contribution in [0, 0.1) is 0 Å². The van der Waals surface area contributed by atoms with E-state index in [1.165, 1.54) is 11.1 Å². The lowest BCUT2D eigenvalue weighted by molar-refractivity contribution is 0.319. The molecule has 106 valence electrons. The van der Waals surface area contributed by atoms with Gasteiger partial charge in [0.05, 0.1) is 0 Å². The Kier molecular flexibility index (Phi) is 5.56. The topological polar surface area (TPSA) is 28.2 Å². The molecule has 0 saturated heterocycles. The second kappa shape index (κ2) is 7.65. The quantitative estimate of drug-likeness (QED) is 0.833. The summed E-state index contributed by atoms with van der Waals surface area (Å²) in [6.07, 6.45) is 3.07. The van der Waals surface area contributed by atoms with Crippen LogP contribution in [0.3, 0.4) is 0 Å². The molecule has 0 fully saturated rings. The number of hydrogen-bond donors (Lipinski definition) is 1. The molecule has 3 nitrogen and oxygen atoms in total. The minimum absolute atomic E-state index is 0.913. The van der Waals surface area contributed by atoms with Crippen molar-refractivity contribution in [3.05, 3.63) is 59.8 Å². The zero-order chi connectivity index (χ0) is 14.2. The SMILES string of the molecule is CCCNc1ccc(CN(C)Cc2ccccc2)cn1. The van der Waals surface area contributed by atoms with Crippen molar-refractivity contribution in [2.24, 2.45) is 0 Å². The molecule has 0 atom stereocenters. The Balaban J connectivity index is 1.86. The number of nitrogens with one attached hydrogen (secondary N) is 1. The van der Waals surface area contributed by atoms with E-state index < -0.39 is 0 Å². The average molecular weight is 269 g/mol. The first kappa shape index (κ1) is 14.5. The van der Waals surface area contributed by atoms with Crippen LogP contribution in [0.2, 0.25) is 0 Å². The summed E-state index contributed by atoms with van der Waals surface area (Å²) in [5, 5.41) is 3.29. The van der Waals surface area contributed by atoms with Gasteiger partial charge in [-0.2, -0.15) is 0 Å². The Labute approximate surface area is 121 Å². The second-order valence-electron chi connectivity index (χ2n) is 5.14. The van der Waals surface area contributed by atoms with Crippen molar-refractivity contribution in [3.63, 3.8) is 0 Å². The lowest BCUT2D eigenvalue weighted by Gasteiger charge is -2.16. The van der Waals surface area contributed by atoms with Gasteiger partial charge in [0.1, 0.15) is 5.82 Å². The molecular formula is C17H23N3. The van der Waals surface area contributed by atoms with E-state index in [0.717, 1.165) is 31.9 Å². The molecule has 1 heterocycles. The fourth-order valence-corrected chi connectivity index (χ4v) is 2.14. The highest BCUT2D eigenvalue weighted by molar-refractivity contribution is 5.35. The Morgan fingerprint density at radius 2 is 1.75 bits per heavy atom. The Bertz CT molecular complexity index is 493. The highest BCUT2D eigenvalue weighted by Crippen LogP contribution is 2.09. The Hall–Kier alpha value is -1.87. The standard InChI is InChI=1S/C17H23N3/c1-3-11-18-17-10-9-16(12-19-17)14-20(2)13-15-7-5-4-6-8-15/h4-10,12H,3,11,13-14H2,1-2H3,(H,18,19). The van der Waals surface area contributed by atoms with Gasteiger partial charge in [-0.3, -0.25) is 4.90 Å². The van der Waals surface area contributed by atoms with Gasteiger partial charge in [0.25, 0.3) is 0 Å². The van der Waals surface area contributed by atoms with E-state index in [4.69, 9.17) is 0 Å². The molecule has 0 bridgehead atoms. The molecule has 0 unspecified atom stereocenters. The lowest BCUT2D eigenvalue weighted by atomic mass is 10.2. The van der Waals surface area contributed by atoms with E-state index in [2.05, 4.69) is 71.6 Å². The van der Waals surface area contributed by atoms with Crippen LogP contribution in [0.1, 0.15) is 24.5 Å². The van der Waals surface area contributed by atoms with Crippen LogP contribution < -0.4 is 5.32 Å². The molecule has 0 aliphatic carbocycles. The molecule has 3 heteroatoms. The van der Waals surface area contributed by atoms with Crippen molar-refractivity contribution >= 4 is 5.82 Å². The number of hydrogen-bond acceptors (Lipinski definition) is 3. The minimum atomic E-state index is 0.913. The molecule has 0 spiro atoms. The fraction of sp³-hybridized carbons (Fsp3) is 0.353. The van der Waals surface area contributed by atoms with Gasteiger partial charge in [0.2, 0.25) is 0 Å². The van der Waals surface area contributed by atoms with E-state index in [-0.39, 0.29) is 0 Å². The molecule has 0 aliphatic rings. The normalized spacial score (nSPS) is 10.8. The van der Waals surface area contributed by atoms with E-state index >= 15 is 0 Å². The van der Waals surface area contributed by atoms with Gasteiger partial charge in [0, 0.05) is 25.8 Å².